The number of aryl methyl sites for hydroxylation is 2. The van der Waals surface area contributed by atoms with Crippen LogP contribution in [0.25, 0.3) is 0 Å². The third-order valence-corrected chi connectivity index (χ3v) is 5.07. The van der Waals surface area contributed by atoms with Gasteiger partial charge in [-0.2, -0.15) is 4.98 Å². The molecule has 2 heterocycles. The molecular weight excluding hydrogens is 360 g/mol. The zero-order valence-electron chi connectivity index (χ0n) is 15.3. The largest absolute Gasteiger partial charge is 0.454 e. The Balaban J connectivity index is 1.50. The predicted octanol–water partition coefficient (Wildman–Crippen LogP) is 5.16. The molecule has 0 aliphatic carbocycles. The van der Waals surface area contributed by atoms with Gasteiger partial charge in [0, 0.05) is 23.6 Å². The molecular formula is C21H20N2O3S. The Kier molecular flexibility index (Phi) is 5.16. The molecule has 1 aromatic heterocycles. The van der Waals surface area contributed by atoms with Gasteiger partial charge < -0.3 is 14.2 Å². The van der Waals surface area contributed by atoms with Gasteiger partial charge in [0.2, 0.25) is 12.7 Å². The molecule has 6 heteroatoms. The molecule has 0 fully saturated rings. The Labute approximate surface area is 162 Å². The fourth-order valence-corrected chi connectivity index (χ4v) is 3.46. The molecule has 138 valence electrons. The van der Waals surface area contributed by atoms with E-state index in [1.54, 1.807) is 11.8 Å². The van der Waals surface area contributed by atoms with E-state index in [9.17, 15) is 0 Å². The van der Waals surface area contributed by atoms with E-state index in [0.717, 1.165) is 23.6 Å². The van der Waals surface area contributed by atoms with Crippen LogP contribution in [0, 0.1) is 6.92 Å². The summed E-state index contributed by atoms with van der Waals surface area (Å²) in [6.07, 6.45) is 0.818. The van der Waals surface area contributed by atoms with Crippen LogP contribution in [-0.2, 0) is 12.2 Å². The van der Waals surface area contributed by atoms with Gasteiger partial charge in [0.15, 0.2) is 16.7 Å². The SMILES string of the molecule is CCc1cc(Oc2ccc3c(c2)OCO3)nc(SCc2ccc(C)cc2)n1. The minimum absolute atomic E-state index is 0.242. The highest BCUT2D eigenvalue weighted by Crippen LogP contribution is 2.36. The van der Waals surface area contributed by atoms with E-state index in [-0.39, 0.29) is 6.79 Å². The zero-order chi connectivity index (χ0) is 18.6. The molecule has 0 N–H and O–H groups in total. The molecule has 4 rings (SSSR count). The Morgan fingerprint density at radius 1 is 1.00 bits per heavy atom. The Hall–Kier alpha value is -2.73. The van der Waals surface area contributed by atoms with Crippen molar-refractivity contribution < 1.29 is 14.2 Å². The predicted molar refractivity (Wildman–Crippen MR) is 105 cm³/mol. The van der Waals surface area contributed by atoms with E-state index < -0.39 is 0 Å². The van der Waals surface area contributed by atoms with Crippen molar-refractivity contribution in [2.75, 3.05) is 6.79 Å². The Morgan fingerprint density at radius 3 is 2.63 bits per heavy atom. The lowest BCUT2D eigenvalue weighted by Crippen LogP contribution is -1.97. The summed E-state index contributed by atoms with van der Waals surface area (Å²) in [4.78, 5) is 9.17. The second kappa shape index (κ2) is 7.88. The van der Waals surface area contributed by atoms with Crippen molar-refractivity contribution in [1.29, 1.82) is 0 Å². The van der Waals surface area contributed by atoms with Crippen molar-refractivity contribution >= 4 is 11.8 Å². The van der Waals surface area contributed by atoms with E-state index in [0.29, 0.717) is 22.5 Å². The quantitative estimate of drug-likeness (QED) is 0.435. The smallest absolute Gasteiger partial charge is 0.231 e. The molecule has 5 nitrogen and oxygen atoms in total. The molecule has 0 spiro atoms. The lowest BCUT2D eigenvalue weighted by atomic mass is 10.2. The van der Waals surface area contributed by atoms with Gasteiger partial charge in [0.1, 0.15) is 5.75 Å². The van der Waals surface area contributed by atoms with Crippen LogP contribution < -0.4 is 14.2 Å². The Morgan fingerprint density at radius 2 is 1.81 bits per heavy atom. The van der Waals surface area contributed by atoms with Crippen LogP contribution >= 0.6 is 11.8 Å². The van der Waals surface area contributed by atoms with Gasteiger partial charge in [-0.3, -0.25) is 0 Å². The maximum absolute atomic E-state index is 5.95. The van der Waals surface area contributed by atoms with Crippen molar-refractivity contribution in [3.05, 3.63) is 65.4 Å². The first-order valence-corrected chi connectivity index (χ1v) is 9.82. The standard InChI is InChI=1S/C21H20N2O3S/c1-3-16-10-20(26-17-8-9-18-19(11-17)25-13-24-18)23-21(22-16)27-12-15-6-4-14(2)5-7-15/h4-11H,3,12-13H2,1-2H3. The topological polar surface area (TPSA) is 53.5 Å². The normalized spacial score (nSPS) is 12.2. The molecule has 0 bridgehead atoms. The van der Waals surface area contributed by atoms with Crippen LogP contribution in [0.15, 0.2) is 53.7 Å². The summed E-state index contributed by atoms with van der Waals surface area (Å²) < 4.78 is 16.7. The fraction of sp³-hybridized carbons (Fsp3) is 0.238. The molecule has 1 aliphatic rings. The van der Waals surface area contributed by atoms with Gasteiger partial charge in [0.05, 0.1) is 0 Å². The van der Waals surface area contributed by atoms with E-state index >= 15 is 0 Å². The second-order valence-electron chi connectivity index (χ2n) is 6.23. The molecule has 0 saturated heterocycles. The number of hydrogen-bond donors (Lipinski definition) is 0. The summed E-state index contributed by atoms with van der Waals surface area (Å²) in [5.74, 6) is 3.43. The minimum atomic E-state index is 0.242. The van der Waals surface area contributed by atoms with Crippen molar-refractivity contribution in [1.82, 2.24) is 9.97 Å². The number of nitrogens with zero attached hydrogens (tertiary/aromatic N) is 2. The fourth-order valence-electron chi connectivity index (χ4n) is 2.64. The van der Waals surface area contributed by atoms with Gasteiger partial charge in [-0.05, 0) is 31.0 Å². The van der Waals surface area contributed by atoms with Crippen molar-refractivity contribution in [2.45, 2.75) is 31.2 Å². The number of thioether (sulfide) groups is 1. The number of rotatable bonds is 6. The minimum Gasteiger partial charge on any atom is -0.454 e. The average Bonchev–Trinajstić information content (AvgIpc) is 3.15. The van der Waals surface area contributed by atoms with E-state index in [4.69, 9.17) is 14.2 Å². The first kappa shape index (κ1) is 17.7. The van der Waals surface area contributed by atoms with Gasteiger partial charge in [-0.25, -0.2) is 4.98 Å². The highest BCUT2D eigenvalue weighted by molar-refractivity contribution is 7.98. The number of aromatic nitrogens is 2. The van der Waals surface area contributed by atoms with Crippen LogP contribution in [-0.4, -0.2) is 16.8 Å². The van der Waals surface area contributed by atoms with Crippen LogP contribution in [0.2, 0.25) is 0 Å². The van der Waals surface area contributed by atoms with Crippen LogP contribution in [0.3, 0.4) is 0 Å². The van der Waals surface area contributed by atoms with Gasteiger partial charge in [0.25, 0.3) is 0 Å². The number of fused-ring (bicyclic) bond motifs is 1. The summed E-state index contributed by atoms with van der Waals surface area (Å²) in [7, 11) is 0. The van der Waals surface area contributed by atoms with Gasteiger partial charge >= 0.3 is 0 Å². The molecule has 3 aromatic rings. The molecule has 0 unspecified atom stereocenters. The van der Waals surface area contributed by atoms with Crippen LogP contribution in [0.5, 0.6) is 23.1 Å². The van der Waals surface area contributed by atoms with Crippen molar-refractivity contribution in [3.8, 4) is 23.1 Å². The summed E-state index contributed by atoms with van der Waals surface area (Å²) in [5, 5.41) is 0.714. The highest BCUT2D eigenvalue weighted by Gasteiger charge is 2.15. The van der Waals surface area contributed by atoms with Crippen LogP contribution in [0.4, 0.5) is 0 Å². The molecule has 2 aromatic carbocycles. The second-order valence-corrected chi connectivity index (χ2v) is 7.17. The molecule has 27 heavy (non-hydrogen) atoms. The van der Waals surface area contributed by atoms with E-state index in [2.05, 4.69) is 48.1 Å². The first-order chi connectivity index (χ1) is 13.2. The lowest BCUT2D eigenvalue weighted by Gasteiger charge is -2.09. The van der Waals surface area contributed by atoms with Crippen molar-refractivity contribution in [2.24, 2.45) is 0 Å². The van der Waals surface area contributed by atoms with Gasteiger partial charge in [-0.1, -0.05) is 48.5 Å². The maximum atomic E-state index is 5.95. The Bertz CT molecular complexity index is 945. The highest BCUT2D eigenvalue weighted by atomic mass is 32.2. The molecule has 0 radical (unpaired) electrons. The number of hydrogen-bond acceptors (Lipinski definition) is 6. The zero-order valence-corrected chi connectivity index (χ0v) is 16.1. The third kappa shape index (κ3) is 4.34. The number of benzene rings is 2. The van der Waals surface area contributed by atoms with E-state index in [1.165, 1.54) is 11.1 Å². The number of ether oxygens (including phenoxy) is 3. The average molecular weight is 380 g/mol. The molecule has 0 amide bonds. The van der Waals surface area contributed by atoms with Crippen molar-refractivity contribution in [3.63, 3.8) is 0 Å². The molecule has 1 aliphatic heterocycles. The maximum Gasteiger partial charge on any atom is 0.231 e. The lowest BCUT2D eigenvalue weighted by molar-refractivity contribution is 0.174. The van der Waals surface area contributed by atoms with Crippen LogP contribution in [0.1, 0.15) is 23.7 Å². The van der Waals surface area contributed by atoms with E-state index in [1.807, 2.05) is 24.3 Å². The molecule has 0 saturated carbocycles. The summed E-state index contributed by atoms with van der Waals surface area (Å²) in [6, 6.07) is 15.9. The van der Waals surface area contributed by atoms with Gasteiger partial charge in [-0.15, -0.1) is 0 Å². The monoisotopic (exact) mass is 380 g/mol. The summed E-state index contributed by atoms with van der Waals surface area (Å²) in [5.41, 5.74) is 3.45. The molecule has 0 atom stereocenters. The third-order valence-electron chi connectivity index (χ3n) is 4.15. The first-order valence-electron chi connectivity index (χ1n) is 8.83. The summed E-state index contributed by atoms with van der Waals surface area (Å²) in [6.45, 7) is 4.40. The summed E-state index contributed by atoms with van der Waals surface area (Å²) >= 11 is 1.61.